The van der Waals surface area contributed by atoms with E-state index in [0.717, 1.165) is 12.8 Å². The Bertz CT molecular complexity index is 220. The zero-order valence-corrected chi connectivity index (χ0v) is 11.4. The lowest BCUT2D eigenvalue weighted by molar-refractivity contribution is -0.122. The van der Waals surface area contributed by atoms with Crippen LogP contribution in [0.2, 0.25) is 0 Å². The van der Waals surface area contributed by atoms with Gasteiger partial charge in [0.05, 0.1) is 0 Å². The van der Waals surface area contributed by atoms with Crippen LogP contribution in [0.1, 0.15) is 58.8 Å². The molecule has 0 aromatic carbocycles. The van der Waals surface area contributed by atoms with Gasteiger partial charge in [-0.15, -0.1) is 0 Å². The van der Waals surface area contributed by atoms with E-state index < -0.39 is 0 Å². The van der Waals surface area contributed by atoms with E-state index >= 15 is 0 Å². The highest BCUT2D eigenvalue weighted by Gasteiger charge is 2.19. The van der Waals surface area contributed by atoms with Crippen molar-refractivity contribution in [2.45, 2.75) is 64.8 Å². The first-order chi connectivity index (χ1) is 8.17. The highest BCUT2D eigenvalue weighted by atomic mass is 16.1. The molecule has 1 rings (SSSR count). The van der Waals surface area contributed by atoms with Gasteiger partial charge in [-0.3, -0.25) is 4.79 Å². The molecule has 1 aliphatic carbocycles. The van der Waals surface area contributed by atoms with Crippen molar-refractivity contribution < 1.29 is 4.79 Å². The van der Waals surface area contributed by atoms with E-state index in [1.54, 1.807) is 0 Å². The number of rotatable bonds is 7. The van der Waals surface area contributed by atoms with Crippen molar-refractivity contribution in [1.82, 2.24) is 5.32 Å². The predicted octanol–water partition coefficient (Wildman–Crippen LogP) is 2.45. The molecule has 17 heavy (non-hydrogen) atoms. The molecular weight excluding hydrogens is 212 g/mol. The third kappa shape index (κ3) is 5.07. The first-order valence-electron chi connectivity index (χ1n) is 7.19. The van der Waals surface area contributed by atoms with Crippen LogP contribution < -0.4 is 11.1 Å². The third-order valence-electron chi connectivity index (χ3n) is 4.14. The highest BCUT2D eigenvalue weighted by Crippen LogP contribution is 2.27. The molecule has 0 aliphatic heterocycles. The van der Waals surface area contributed by atoms with Gasteiger partial charge in [-0.1, -0.05) is 39.5 Å². The van der Waals surface area contributed by atoms with Crippen molar-refractivity contribution in [3.05, 3.63) is 0 Å². The van der Waals surface area contributed by atoms with Gasteiger partial charge in [-0.05, 0) is 24.7 Å². The van der Waals surface area contributed by atoms with E-state index in [9.17, 15) is 4.79 Å². The Morgan fingerprint density at radius 2 is 1.88 bits per heavy atom. The molecule has 1 amide bonds. The standard InChI is InChI=1S/C14H28N2O/c1-3-12(4-2)13(15)10-16-14(17)9-11-7-5-6-8-11/h11-13H,3-10,15H2,1-2H3,(H,16,17). The molecule has 1 aliphatic rings. The third-order valence-corrected chi connectivity index (χ3v) is 4.14. The van der Waals surface area contributed by atoms with Gasteiger partial charge in [-0.25, -0.2) is 0 Å². The molecule has 1 atom stereocenters. The summed E-state index contributed by atoms with van der Waals surface area (Å²) in [7, 11) is 0. The van der Waals surface area contributed by atoms with Crippen LogP contribution in [0.15, 0.2) is 0 Å². The van der Waals surface area contributed by atoms with Crippen LogP contribution >= 0.6 is 0 Å². The number of amides is 1. The van der Waals surface area contributed by atoms with E-state index in [1.165, 1.54) is 25.7 Å². The Labute approximate surface area is 106 Å². The molecule has 0 radical (unpaired) electrons. The van der Waals surface area contributed by atoms with Crippen molar-refractivity contribution >= 4 is 5.91 Å². The second-order valence-corrected chi connectivity index (χ2v) is 5.40. The molecule has 0 saturated heterocycles. The first-order valence-corrected chi connectivity index (χ1v) is 7.19. The summed E-state index contributed by atoms with van der Waals surface area (Å²) in [4.78, 5) is 11.7. The Morgan fingerprint density at radius 1 is 1.29 bits per heavy atom. The molecule has 1 fully saturated rings. The smallest absolute Gasteiger partial charge is 0.220 e. The van der Waals surface area contributed by atoms with Crippen LogP contribution in [0, 0.1) is 11.8 Å². The highest BCUT2D eigenvalue weighted by molar-refractivity contribution is 5.76. The average Bonchev–Trinajstić information content (AvgIpc) is 2.81. The Morgan fingerprint density at radius 3 is 2.41 bits per heavy atom. The molecule has 1 saturated carbocycles. The van der Waals surface area contributed by atoms with E-state index in [4.69, 9.17) is 5.73 Å². The van der Waals surface area contributed by atoms with Gasteiger partial charge < -0.3 is 11.1 Å². The SMILES string of the molecule is CCC(CC)C(N)CNC(=O)CC1CCCC1. The first kappa shape index (κ1) is 14.5. The monoisotopic (exact) mass is 240 g/mol. The number of hydrogen-bond acceptors (Lipinski definition) is 2. The van der Waals surface area contributed by atoms with Crippen molar-refractivity contribution in [3.63, 3.8) is 0 Å². The number of nitrogens with one attached hydrogen (secondary N) is 1. The second-order valence-electron chi connectivity index (χ2n) is 5.40. The van der Waals surface area contributed by atoms with Crippen molar-refractivity contribution in [2.24, 2.45) is 17.6 Å². The molecule has 3 nitrogen and oxygen atoms in total. The topological polar surface area (TPSA) is 55.1 Å². The number of hydrogen-bond donors (Lipinski definition) is 2. The summed E-state index contributed by atoms with van der Waals surface area (Å²) in [6, 6.07) is 0.109. The van der Waals surface area contributed by atoms with Crippen LogP contribution in [0.4, 0.5) is 0 Å². The summed E-state index contributed by atoms with van der Waals surface area (Å²) < 4.78 is 0. The summed E-state index contributed by atoms with van der Waals surface area (Å²) in [6.07, 6.45) is 7.94. The molecular formula is C14H28N2O. The fourth-order valence-corrected chi connectivity index (χ4v) is 2.84. The summed E-state index contributed by atoms with van der Waals surface area (Å²) in [5.74, 6) is 1.35. The lowest BCUT2D eigenvalue weighted by Crippen LogP contribution is -2.42. The van der Waals surface area contributed by atoms with E-state index in [0.29, 0.717) is 24.8 Å². The van der Waals surface area contributed by atoms with Gasteiger partial charge in [0.25, 0.3) is 0 Å². The molecule has 100 valence electrons. The van der Waals surface area contributed by atoms with Gasteiger partial charge >= 0.3 is 0 Å². The summed E-state index contributed by atoms with van der Waals surface area (Å²) >= 11 is 0. The van der Waals surface area contributed by atoms with Crippen LogP contribution in [0.25, 0.3) is 0 Å². The van der Waals surface area contributed by atoms with Crippen LogP contribution in [-0.2, 0) is 4.79 Å². The average molecular weight is 240 g/mol. The molecule has 1 unspecified atom stereocenters. The summed E-state index contributed by atoms with van der Waals surface area (Å²) in [6.45, 7) is 4.96. The van der Waals surface area contributed by atoms with Gasteiger partial charge in [0.2, 0.25) is 5.91 Å². The number of nitrogens with two attached hydrogens (primary N) is 1. The molecule has 0 bridgehead atoms. The maximum atomic E-state index is 11.7. The van der Waals surface area contributed by atoms with Crippen LogP contribution in [-0.4, -0.2) is 18.5 Å². The zero-order chi connectivity index (χ0) is 12.7. The van der Waals surface area contributed by atoms with E-state index in [2.05, 4.69) is 19.2 Å². The Kier molecular flexibility index (Phi) is 6.56. The minimum Gasteiger partial charge on any atom is -0.355 e. The van der Waals surface area contributed by atoms with Crippen LogP contribution in [0.3, 0.4) is 0 Å². The maximum absolute atomic E-state index is 11.7. The lowest BCUT2D eigenvalue weighted by atomic mass is 9.95. The van der Waals surface area contributed by atoms with E-state index in [-0.39, 0.29) is 11.9 Å². The van der Waals surface area contributed by atoms with Gasteiger partial charge in [-0.2, -0.15) is 0 Å². The molecule has 0 spiro atoms. The van der Waals surface area contributed by atoms with Crippen molar-refractivity contribution in [3.8, 4) is 0 Å². The largest absolute Gasteiger partial charge is 0.355 e. The zero-order valence-electron chi connectivity index (χ0n) is 11.4. The normalized spacial score (nSPS) is 18.6. The molecule has 3 N–H and O–H groups in total. The molecule has 3 heteroatoms. The van der Waals surface area contributed by atoms with Gasteiger partial charge in [0.15, 0.2) is 0 Å². The Hall–Kier alpha value is -0.570. The minimum atomic E-state index is 0.109. The van der Waals surface area contributed by atoms with Gasteiger partial charge in [0.1, 0.15) is 0 Å². The van der Waals surface area contributed by atoms with Gasteiger partial charge in [0, 0.05) is 19.0 Å². The predicted molar refractivity (Wildman–Crippen MR) is 71.6 cm³/mol. The maximum Gasteiger partial charge on any atom is 0.220 e. The molecule has 0 heterocycles. The van der Waals surface area contributed by atoms with Crippen molar-refractivity contribution in [2.75, 3.05) is 6.54 Å². The minimum absolute atomic E-state index is 0.109. The second kappa shape index (κ2) is 7.70. The Balaban J connectivity index is 2.17. The quantitative estimate of drug-likeness (QED) is 0.718. The summed E-state index contributed by atoms with van der Waals surface area (Å²) in [5.41, 5.74) is 6.08. The fourth-order valence-electron chi connectivity index (χ4n) is 2.84. The fraction of sp³-hybridized carbons (Fsp3) is 0.929. The number of carbonyl (C=O) groups is 1. The van der Waals surface area contributed by atoms with Crippen LogP contribution in [0.5, 0.6) is 0 Å². The molecule has 0 aromatic rings. The number of carbonyl (C=O) groups excluding carboxylic acids is 1. The van der Waals surface area contributed by atoms with E-state index in [1.807, 2.05) is 0 Å². The lowest BCUT2D eigenvalue weighted by Gasteiger charge is -2.21. The van der Waals surface area contributed by atoms with Crippen molar-refractivity contribution in [1.29, 1.82) is 0 Å². The molecule has 0 aromatic heterocycles. The summed E-state index contributed by atoms with van der Waals surface area (Å²) in [5, 5.41) is 2.99.